The van der Waals surface area contributed by atoms with Gasteiger partial charge in [-0.1, -0.05) is 6.07 Å². The van der Waals surface area contributed by atoms with Crippen molar-refractivity contribution in [3.05, 3.63) is 23.8 Å². The number of aliphatic imine (C=N–C) groups is 1. The van der Waals surface area contributed by atoms with Crippen molar-refractivity contribution in [3.63, 3.8) is 0 Å². The van der Waals surface area contributed by atoms with Crippen molar-refractivity contribution in [2.24, 2.45) is 4.99 Å². The van der Waals surface area contributed by atoms with E-state index in [9.17, 15) is 9.90 Å². The summed E-state index contributed by atoms with van der Waals surface area (Å²) in [5.41, 5.74) is -0.400. The molecule has 1 aromatic carbocycles. The number of para-hydroxylation sites is 1. The van der Waals surface area contributed by atoms with E-state index < -0.39 is 11.5 Å². The van der Waals surface area contributed by atoms with Crippen molar-refractivity contribution in [3.8, 4) is 11.5 Å². The third kappa shape index (κ3) is 4.87. The Bertz CT molecular complexity index is 636. The minimum Gasteiger partial charge on any atom is -0.504 e. The van der Waals surface area contributed by atoms with Crippen LogP contribution in [0.15, 0.2) is 23.2 Å². The Morgan fingerprint density at radius 1 is 1.28 bits per heavy atom. The van der Waals surface area contributed by atoms with Crippen LogP contribution in [0.3, 0.4) is 0 Å². The number of rotatable bonds is 9. The van der Waals surface area contributed by atoms with Crippen molar-refractivity contribution in [1.82, 2.24) is 0 Å². The summed E-state index contributed by atoms with van der Waals surface area (Å²) in [4.78, 5) is 16.3. The van der Waals surface area contributed by atoms with Gasteiger partial charge >= 0.3 is 5.97 Å². The van der Waals surface area contributed by atoms with Crippen LogP contribution in [-0.2, 0) is 19.0 Å². The van der Waals surface area contributed by atoms with Gasteiger partial charge < -0.3 is 24.1 Å². The van der Waals surface area contributed by atoms with E-state index in [4.69, 9.17) is 18.9 Å². The second kappa shape index (κ2) is 9.07. The number of thioether (sulfide) groups is 1. The minimum atomic E-state index is -0.937. The highest BCUT2D eigenvalue weighted by Crippen LogP contribution is 2.38. The molecule has 1 unspecified atom stereocenters. The fraction of sp³-hybridized carbons (Fsp3) is 0.529. The van der Waals surface area contributed by atoms with Crippen LogP contribution in [-0.4, -0.2) is 68.1 Å². The second-order valence-electron chi connectivity index (χ2n) is 5.58. The molecule has 1 N–H and O–H groups in total. The molecular formula is C17H23NO6S. The van der Waals surface area contributed by atoms with Gasteiger partial charge in [0, 0.05) is 12.9 Å². The Labute approximate surface area is 151 Å². The molecule has 0 bridgehead atoms. The molecule has 0 spiro atoms. The largest absolute Gasteiger partial charge is 0.504 e. The normalized spacial score (nSPS) is 19.6. The predicted molar refractivity (Wildman–Crippen MR) is 95.7 cm³/mol. The van der Waals surface area contributed by atoms with E-state index in [0.29, 0.717) is 48.5 Å². The number of ether oxygens (including phenoxy) is 4. The van der Waals surface area contributed by atoms with Crippen molar-refractivity contribution >= 4 is 22.8 Å². The summed E-state index contributed by atoms with van der Waals surface area (Å²) < 4.78 is 20.6. The van der Waals surface area contributed by atoms with Crippen LogP contribution >= 0.6 is 11.8 Å². The number of phenols is 1. The van der Waals surface area contributed by atoms with Crippen molar-refractivity contribution in [2.45, 2.75) is 12.5 Å². The molecule has 138 valence electrons. The summed E-state index contributed by atoms with van der Waals surface area (Å²) in [5.74, 6) is 0.421. The minimum absolute atomic E-state index is 0.000225. The molecule has 8 heteroatoms. The van der Waals surface area contributed by atoms with E-state index in [0.717, 1.165) is 0 Å². The number of carbonyl (C=O) groups excluding carboxylic acids is 1. The van der Waals surface area contributed by atoms with Crippen molar-refractivity contribution in [2.75, 3.05) is 46.4 Å². The fourth-order valence-corrected chi connectivity index (χ4v) is 3.41. The SMILES string of the molecule is COCCOCCOc1cccc(C2=NC(C)(C(=O)OC)CS2)c1O. The lowest BCUT2D eigenvalue weighted by atomic mass is 10.1. The van der Waals surface area contributed by atoms with Gasteiger partial charge in [0.05, 0.1) is 32.5 Å². The lowest BCUT2D eigenvalue weighted by molar-refractivity contribution is -0.145. The summed E-state index contributed by atoms with van der Waals surface area (Å²) in [7, 11) is 2.95. The molecule has 1 heterocycles. The monoisotopic (exact) mass is 369 g/mol. The molecule has 0 amide bonds. The maximum absolute atomic E-state index is 11.9. The zero-order valence-corrected chi connectivity index (χ0v) is 15.4. The number of nitrogens with zero attached hydrogens (tertiary/aromatic N) is 1. The maximum Gasteiger partial charge on any atom is 0.334 e. The van der Waals surface area contributed by atoms with E-state index in [-0.39, 0.29) is 5.75 Å². The summed E-state index contributed by atoms with van der Waals surface area (Å²) in [6, 6.07) is 5.19. The molecule has 0 saturated carbocycles. The van der Waals surface area contributed by atoms with Crippen LogP contribution < -0.4 is 4.74 Å². The highest BCUT2D eigenvalue weighted by Gasteiger charge is 2.40. The molecule has 0 fully saturated rings. The fourth-order valence-electron chi connectivity index (χ4n) is 2.23. The number of hydrogen-bond acceptors (Lipinski definition) is 8. The standard InChI is InChI=1S/C17H23NO6S/c1-17(16(20)22-3)11-25-15(18-17)12-5-4-6-13(14(12)19)24-10-9-23-8-7-21-2/h4-6,19H,7-11H2,1-3H3. The number of methoxy groups -OCH3 is 2. The van der Waals surface area contributed by atoms with E-state index in [1.54, 1.807) is 32.2 Å². The number of hydrogen-bond donors (Lipinski definition) is 1. The lowest BCUT2D eigenvalue weighted by Gasteiger charge is -2.15. The molecule has 0 saturated heterocycles. The van der Waals surface area contributed by atoms with Crippen LogP contribution in [0.2, 0.25) is 0 Å². The Morgan fingerprint density at radius 2 is 2.04 bits per heavy atom. The first-order valence-corrected chi connectivity index (χ1v) is 8.83. The molecule has 1 atom stereocenters. The van der Waals surface area contributed by atoms with E-state index >= 15 is 0 Å². The summed E-state index contributed by atoms with van der Waals surface area (Å²) in [6.45, 7) is 3.43. The van der Waals surface area contributed by atoms with Gasteiger partial charge in [-0.25, -0.2) is 4.79 Å². The Morgan fingerprint density at radius 3 is 2.76 bits per heavy atom. The highest BCUT2D eigenvalue weighted by molar-refractivity contribution is 8.14. The zero-order chi connectivity index (χ0) is 18.3. The molecule has 1 aromatic rings. The number of phenolic OH excluding ortho intramolecular Hbond substituents is 1. The van der Waals surface area contributed by atoms with Gasteiger partial charge in [-0.2, -0.15) is 0 Å². The average Bonchev–Trinajstić information content (AvgIpc) is 3.02. The molecule has 1 aliphatic heterocycles. The number of aromatic hydroxyl groups is 1. The quantitative estimate of drug-likeness (QED) is 0.525. The first kappa shape index (κ1) is 19.6. The topological polar surface area (TPSA) is 86.6 Å². The van der Waals surface area contributed by atoms with Gasteiger partial charge in [0.25, 0.3) is 0 Å². The Kier molecular flexibility index (Phi) is 7.10. The van der Waals surface area contributed by atoms with Gasteiger partial charge in [-0.15, -0.1) is 11.8 Å². The summed E-state index contributed by atoms with van der Waals surface area (Å²) in [5, 5.41) is 11.0. The van der Waals surface area contributed by atoms with Gasteiger partial charge in [-0.3, -0.25) is 4.99 Å². The summed E-state index contributed by atoms with van der Waals surface area (Å²) in [6.07, 6.45) is 0. The molecule has 7 nitrogen and oxygen atoms in total. The smallest absolute Gasteiger partial charge is 0.334 e. The molecule has 25 heavy (non-hydrogen) atoms. The van der Waals surface area contributed by atoms with Gasteiger partial charge in [0.15, 0.2) is 17.0 Å². The molecule has 0 aromatic heterocycles. The van der Waals surface area contributed by atoms with Crippen LogP contribution in [0.5, 0.6) is 11.5 Å². The molecule has 0 radical (unpaired) electrons. The van der Waals surface area contributed by atoms with E-state index in [1.807, 2.05) is 0 Å². The third-order valence-electron chi connectivity index (χ3n) is 3.61. The summed E-state index contributed by atoms with van der Waals surface area (Å²) >= 11 is 1.40. The van der Waals surface area contributed by atoms with Gasteiger partial charge in [-0.05, 0) is 19.1 Å². The zero-order valence-electron chi connectivity index (χ0n) is 14.6. The number of carbonyl (C=O) groups is 1. The molecule has 2 rings (SSSR count). The van der Waals surface area contributed by atoms with E-state index in [1.165, 1.54) is 18.9 Å². The van der Waals surface area contributed by atoms with Crippen LogP contribution in [0, 0.1) is 0 Å². The number of benzene rings is 1. The van der Waals surface area contributed by atoms with Crippen LogP contribution in [0.4, 0.5) is 0 Å². The van der Waals surface area contributed by atoms with Gasteiger partial charge in [0.1, 0.15) is 11.7 Å². The first-order chi connectivity index (χ1) is 12.0. The Balaban J connectivity index is 2.03. The average molecular weight is 369 g/mol. The van der Waals surface area contributed by atoms with Crippen LogP contribution in [0.25, 0.3) is 0 Å². The Hall–Kier alpha value is -1.77. The molecule has 1 aliphatic rings. The second-order valence-corrected chi connectivity index (χ2v) is 6.54. The molecular weight excluding hydrogens is 346 g/mol. The molecule has 0 aliphatic carbocycles. The predicted octanol–water partition coefficient (Wildman–Crippen LogP) is 1.86. The van der Waals surface area contributed by atoms with Gasteiger partial charge in [0.2, 0.25) is 0 Å². The van der Waals surface area contributed by atoms with Crippen molar-refractivity contribution in [1.29, 1.82) is 0 Å². The highest BCUT2D eigenvalue weighted by atomic mass is 32.2. The van der Waals surface area contributed by atoms with Crippen LogP contribution in [0.1, 0.15) is 12.5 Å². The first-order valence-electron chi connectivity index (χ1n) is 7.84. The van der Waals surface area contributed by atoms with E-state index in [2.05, 4.69) is 4.99 Å². The third-order valence-corrected chi connectivity index (χ3v) is 4.90. The maximum atomic E-state index is 11.9. The lowest BCUT2D eigenvalue weighted by Crippen LogP contribution is -2.34. The number of esters is 1. The van der Waals surface area contributed by atoms with Crippen molar-refractivity contribution < 1.29 is 28.8 Å².